The predicted octanol–water partition coefficient (Wildman–Crippen LogP) is 5.62. The van der Waals surface area contributed by atoms with Crippen LogP contribution in [0.25, 0.3) is 22.0 Å². The Morgan fingerprint density at radius 3 is 2.68 bits per heavy atom. The van der Waals surface area contributed by atoms with Crippen LogP contribution >= 0.6 is 11.6 Å². The Morgan fingerprint density at radius 2 is 1.86 bits per heavy atom. The molecule has 0 bridgehead atoms. The summed E-state index contributed by atoms with van der Waals surface area (Å²) >= 11 is 5.96. The number of anilines is 1. The predicted molar refractivity (Wildman–Crippen MR) is 149 cm³/mol. The molecule has 6 nitrogen and oxygen atoms in total. The first-order valence-electron chi connectivity index (χ1n) is 13.0. The molecule has 3 heterocycles. The fraction of sp³-hybridized carbons (Fsp3) is 0.300. The number of halogens is 1. The van der Waals surface area contributed by atoms with Gasteiger partial charge in [-0.25, -0.2) is 9.97 Å². The van der Waals surface area contributed by atoms with Gasteiger partial charge >= 0.3 is 0 Å². The van der Waals surface area contributed by atoms with Crippen molar-refractivity contribution in [1.82, 2.24) is 20.2 Å². The Hall–Kier alpha value is -3.48. The van der Waals surface area contributed by atoms with E-state index < -0.39 is 0 Å². The van der Waals surface area contributed by atoms with Crippen molar-refractivity contribution in [3.63, 3.8) is 0 Å². The van der Waals surface area contributed by atoms with Gasteiger partial charge in [0.1, 0.15) is 0 Å². The average molecular weight is 512 g/mol. The summed E-state index contributed by atoms with van der Waals surface area (Å²) in [7, 11) is 0. The molecule has 1 fully saturated rings. The Bertz CT molecular complexity index is 1460. The summed E-state index contributed by atoms with van der Waals surface area (Å²) in [6.07, 6.45) is 2.76. The van der Waals surface area contributed by atoms with Gasteiger partial charge in [0.2, 0.25) is 5.95 Å². The van der Waals surface area contributed by atoms with Crippen LogP contribution < -0.4 is 10.6 Å². The van der Waals surface area contributed by atoms with Crippen molar-refractivity contribution < 1.29 is 4.79 Å². The van der Waals surface area contributed by atoms with Crippen LogP contribution in [0.4, 0.5) is 5.95 Å². The van der Waals surface area contributed by atoms with Gasteiger partial charge in [-0.3, -0.25) is 4.79 Å². The number of nitrogens with one attached hydrogen (secondary N) is 2. The van der Waals surface area contributed by atoms with Crippen molar-refractivity contribution in [3.05, 3.63) is 88.1 Å². The van der Waals surface area contributed by atoms with Crippen LogP contribution in [0.2, 0.25) is 5.02 Å². The van der Waals surface area contributed by atoms with E-state index in [1.54, 1.807) is 24.3 Å². The van der Waals surface area contributed by atoms with Crippen LogP contribution in [0.15, 0.2) is 60.7 Å². The minimum Gasteiger partial charge on any atom is -0.351 e. The molecule has 0 atom stereocenters. The number of fused-ring (bicyclic) bond motifs is 2. The lowest BCUT2D eigenvalue weighted by Gasteiger charge is -2.32. The smallest absolute Gasteiger partial charge is 0.253 e. The van der Waals surface area contributed by atoms with E-state index in [-0.39, 0.29) is 11.9 Å². The lowest BCUT2D eigenvalue weighted by Crippen LogP contribution is -2.42. The molecule has 3 aromatic carbocycles. The first-order valence-corrected chi connectivity index (χ1v) is 13.3. The van der Waals surface area contributed by atoms with Gasteiger partial charge in [-0.15, -0.1) is 0 Å². The van der Waals surface area contributed by atoms with Crippen molar-refractivity contribution in [2.75, 3.05) is 25.0 Å². The molecule has 1 saturated heterocycles. The zero-order chi connectivity index (χ0) is 25.4. The van der Waals surface area contributed by atoms with Gasteiger partial charge in [-0.1, -0.05) is 35.9 Å². The van der Waals surface area contributed by atoms with Crippen LogP contribution in [0.3, 0.4) is 0 Å². The Kier molecular flexibility index (Phi) is 6.53. The van der Waals surface area contributed by atoms with E-state index in [4.69, 9.17) is 21.6 Å². The number of nitrogens with zero attached hydrogens (tertiary/aromatic N) is 3. The fourth-order valence-electron chi connectivity index (χ4n) is 5.50. The molecule has 2 aliphatic heterocycles. The molecule has 37 heavy (non-hydrogen) atoms. The maximum atomic E-state index is 12.8. The minimum absolute atomic E-state index is 0.0552. The fourth-order valence-corrected chi connectivity index (χ4v) is 5.63. The monoisotopic (exact) mass is 511 g/mol. The molecule has 0 radical (unpaired) electrons. The van der Waals surface area contributed by atoms with Crippen LogP contribution in [0.5, 0.6) is 0 Å². The standard InChI is InChI=1S/C30H30ClN5O/c1-19-27-17-21(25-4-2-3-22-18-32-14-11-26(22)25)7-10-28(27)35-30(33-19)34-24-12-15-36(16-13-24)29(37)20-5-8-23(31)9-6-20/h2-10,17,24,32H,11-16,18H2,1H3,(H,33,34,35). The van der Waals surface area contributed by atoms with Gasteiger partial charge in [0.25, 0.3) is 5.91 Å². The van der Waals surface area contributed by atoms with E-state index in [2.05, 4.69) is 54.0 Å². The third-order valence-electron chi connectivity index (χ3n) is 7.54. The second kappa shape index (κ2) is 10.1. The first-order chi connectivity index (χ1) is 18.0. The highest BCUT2D eigenvalue weighted by atomic mass is 35.5. The van der Waals surface area contributed by atoms with Gasteiger partial charge in [0.05, 0.1) is 11.2 Å². The van der Waals surface area contributed by atoms with Crippen LogP contribution in [-0.2, 0) is 13.0 Å². The Labute approximate surface area is 222 Å². The topological polar surface area (TPSA) is 70.2 Å². The van der Waals surface area contributed by atoms with Gasteiger partial charge < -0.3 is 15.5 Å². The normalized spacial score (nSPS) is 16.0. The molecule has 0 aliphatic carbocycles. The number of hydrogen-bond donors (Lipinski definition) is 2. The summed E-state index contributed by atoms with van der Waals surface area (Å²) in [5.41, 5.74) is 7.95. The second-order valence-corrected chi connectivity index (χ2v) is 10.4. The summed E-state index contributed by atoms with van der Waals surface area (Å²) in [6.45, 7) is 5.40. The molecule has 1 amide bonds. The number of aryl methyl sites for hydroxylation is 1. The number of hydrogen-bond acceptors (Lipinski definition) is 5. The molecule has 1 aromatic heterocycles. The van der Waals surface area contributed by atoms with E-state index in [0.717, 1.165) is 48.9 Å². The van der Waals surface area contributed by atoms with Gasteiger partial charge in [0, 0.05) is 41.6 Å². The van der Waals surface area contributed by atoms with Crippen LogP contribution in [0, 0.1) is 6.92 Å². The molecule has 4 aromatic rings. The highest BCUT2D eigenvalue weighted by Crippen LogP contribution is 2.31. The third kappa shape index (κ3) is 4.91. The van der Waals surface area contributed by atoms with Gasteiger partial charge in [-0.05, 0) is 91.4 Å². The Balaban J connectivity index is 1.16. The molecule has 188 valence electrons. The highest BCUT2D eigenvalue weighted by molar-refractivity contribution is 6.30. The molecule has 0 saturated carbocycles. The van der Waals surface area contributed by atoms with Crippen molar-refractivity contribution in [2.45, 2.75) is 38.8 Å². The molecular formula is C30H30ClN5O. The lowest BCUT2D eigenvalue weighted by molar-refractivity contribution is 0.0718. The van der Waals surface area contributed by atoms with Gasteiger partial charge in [-0.2, -0.15) is 0 Å². The molecule has 7 heteroatoms. The molecule has 2 aliphatic rings. The maximum absolute atomic E-state index is 12.8. The molecular weight excluding hydrogens is 482 g/mol. The summed E-state index contributed by atoms with van der Waals surface area (Å²) in [4.78, 5) is 24.4. The highest BCUT2D eigenvalue weighted by Gasteiger charge is 2.24. The molecule has 0 spiro atoms. The van der Waals surface area contributed by atoms with E-state index in [9.17, 15) is 4.79 Å². The van der Waals surface area contributed by atoms with Gasteiger partial charge in [0.15, 0.2) is 0 Å². The number of rotatable bonds is 4. The van der Waals surface area contributed by atoms with E-state index in [1.807, 2.05) is 4.90 Å². The third-order valence-corrected chi connectivity index (χ3v) is 7.80. The summed E-state index contributed by atoms with van der Waals surface area (Å²) in [5, 5.41) is 8.71. The van der Waals surface area contributed by atoms with Crippen molar-refractivity contribution in [1.29, 1.82) is 0 Å². The number of benzene rings is 3. The second-order valence-electron chi connectivity index (χ2n) is 9.95. The number of piperidine rings is 1. The number of carbonyl (C=O) groups excluding carboxylic acids is 1. The molecule has 6 rings (SSSR count). The zero-order valence-electron chi connectivity index (χ0n) is 20.9. The maximum Gasteiger partial charge on any atom is 0.253 e. The SMILES string of the molecule is Cc1nc(NC2CCN(C(=O)c3ccc(Cl)cc3)CC2)nc2ccc(-c3cccc4c3CCNC4)cc12. The lowest BCUT2D eigenvalue weighted by atomic mass is 9.91. The van der Waals surface area contributed by atoms with E-state index in [0.29, 0.717) is 29.6 Å². The number of amides is 1. The average Bonchev–Trinajstić information content (AvgIpc) is 2.93. The van der Waals surface area contributed by atoms with Crippen molar-refractivity contribution >= 4 is 34.4 Å². The number of likely N-dealkylation sites (tertiary alicyclic amines) is 1. The van der Waals surface area contributed by atoms with Crippen LogP contribution in [0.1, 0.15) is 40.0 Å². The van der Waals surface area contributed by atoms with Crippen molar-refractivity contribution in [3.8, 4) is 11.1 Å². The van der Waals surface area contributed by atoms with E-state index >= 15 is 0 Å². The number of carbonyl (C=O) groups is 1. The minimum atomic E-state index is 0.0552. The largest absolute Gasteiger partial charge is 0.351 e. The summed E-state index contributed by atoms with van der Waals surface area (Å²) in [5.74, 6) is 0.711. The number of aromatic nitrogens is 2. The zero-order valence-corrected chi connectivity index (χ0v) is 21.7. The molecule has 2 N–H and O–H groups in total. The summed E-state index contributed by atoms with van der Waals surface area (Å²) in [6, 6.07) is 20.4. The Morgan fingerprint density at radius 1 is 1.05 bits per heavy atom. The van der Waals surface area contributed by atoms with Crippen LogP contribution in [-0.4, -0.2) is 46.5 Å². The molecule has 0 unspecified atom stereocenters. The van der Waals surface area contributed by atoms with Crippen molar-refractivity contribution in [2.24, 2.45) is 0 Å². The first kappa shape index (κ1) is 23.9. The summed E-state index contributed by atoms with van der Waals surface area (Å²) < 4.78 is 0. The van der Waals surface area contributed by atoms with E-state index in [1.165, 1.54) is 22.3 Å². The quantitative estimate of drug-likeness (QED) is 0.372.